The summed E-state index contributed by atoms with van der Waals surface area (Å²) in [6.45, 7) is 8.19. The minimum absolute atomic E-state index is 0.00325. The Kier molecular flexibility index (Phi) is 7.89. The second-order valence-electron chi connectivity index (χ2n) is 7.03. The molecule has 0 aliphatic carbocycles. The molecule has 0 fully saturated rings. The van der Waals surface area contributed by atoms with E-state index >= 15 is 0 Å². The van der Waals surface area contributed by atoms with E-state index in [0.29, 0.717) is 0 Å². The van der Waals surface area contributed by atoms with Crippen molar-refractivity contribution in [1.29, 1.82) is 0 Å². The van der Waals surface area contributed by atoms with E-state index in [-0.39, 0.29) is 12.5 Å². The monoisotopic (exact) mass is 356 g/mol. The Hall–Kier alpha value is -2.10. The molecule has 2 rings (SSSR count). The number of aryl methyl sites for hydroxylation is 2. The Bertz CT molecular complexity index is 719. The van der Waals surface area contributed by atoms with E-state index in [2.05, 4.69) is 12.0 Å². The summed E-state index contributed by atoms with van der Waals surface area (Å²) in [5.41, 5.74) is 4.15. The summed E-state index contributed by atoms with van der Waals surface area (Å²) in [5.74, 6) is 0.623. The number of aromatic nitrogens is 2. The van der Waals surface area contributed by atoms with Gasteiger partial charge in [0.05, 0.1) is 5.69 Å². The minimum atomic E-state index is -0.122. The van der Waals surface area contributed by atoms with Crippen LogP contribution >= 0.6 is 0 Å². The van der Waals surface area contributed by atoms with Crippen LogP contribution in [0.1, 0.15) is 72.8 Å². The van der Waals surface area contributed by atoms with Gasteiger partial charge in [0.2, 0.25) is 0 Å². The highest BCUT2D eigenvalue weighted by atomic mass is 16.5. The molecule has 2 aromatic rings. The molecule has 1 aromatic carbocycles. The number of nitrogens with zero attached hydrogens (tertiary/aromatic N) is 2. The molecule has 0 aliphatic heterocycles. The van der Waals surface area contributed by atoms with E-state index in [1.54, 1.807) is 0 Å². The lowest BCUT2D eigenvalue weighted by atomic mass is 10.0. The van der Waals surface area contributed by atoms with Crippen LogP contribution in [-0.4, -0.2) is 22.3 Å². The van der Waals surface area contributed by atoms with Crippen LogP contribution in [0.25, 0.3) is 0 Å². The van der Waals surface area contributed by atoms with E-state index in [9.17, 15) is 4.79 Å². The summed E-state index contributed by atoms with van der Waals surface area (Å²) in [6.07, 6.45) is 8.61. The number of ether oxygens (including phenoxy) is 1. The van der Waals surface area contributed by atoms with Crippen molar-refractivity contribution in [3.63, 3.8) is 0 Å². The molecule has 0 aliphatic rings. The van der Waals surface area contributed by atoms with Gasteiger partial charge < -0.3 is 4.74 Å². The Balaban J connectivity index is 1.91. The van der Waals surface area contributed by atoms with Crippen LogP contribution in [0.5, 0.6) is 5.75 Å². The molecule has 0 amide bonds. The maximum Gasteiger partial charge on any atom is 0.284 e. The van der Waals surface area contributed by atoms with Crippen LogP contribution in [0.3, 0.4) is 0 Å². The van der Waals surface area contributed by atoms with Gasteiger partial charge in [0.1, 0.15) is 5.75 Å². The van der Waals surface area contributed by atoms with Crippen molar-refractivity contribution in [1.82, 2.24) is 9.78 Å². The van der Waals surface area contributed by atoms with Crippen molar-refractivity contribution in [3.8, 4) is 5.75 Å². The number of carbonyl (C=O) groups is 1. The average Bonchev–Trinajstić information content (AvgIpc) is 2.91. The predicted molar refractivity (Wildman–Crippen MR) is 106 cm³/mol. The lowest BCUT2D eigenvalue weighted by Crippen LogP contribution is -2.22. The van der Waals surface area contributed by atoms with Gasteiger partial charge in [-0.3, -0.25) is 4.79 Å². The number of para-hydroxylation sites is 1. The largest absolute Gasteiger partial charge is 0.483 e. The van der Waals surface area contributed by atoms with E-state index in [4.69, 9.17) is 4.74 Å². The lowest BCUT2D eigenvalue weighted by molar-refractivity contribution is 0.0817. The Morgan fingerprint density at radius 2 is 1.73 bits per heavy atom. The predicted octanol–water partition coefficient (Wildman–Crippen LogP) is 5.43. The smallest absolute Gasteiger partial charge is 0.284 e. The topological polar surface area (TPSA) is 44.1 Å². The number of carbonyl (C=O) groups excluding carboxylic acids is 1. The van der Waals surface area contributed by atoms with E-state index in [0.717, 1.165) is 35.5 Å². The van der Waals surface area contributed by atoms with Crippen LogP contribution in [0, 0.1) is 20.8 Å². The van der Waals surface area contributed by atoms with Gasteiger partial charge in [0.25, 0.3) is 5.91 Å². The highest BCUT2D eigenvalue weighted by molar-refractivity contribution is 5.80. The second kappa shape index (κ2) is 10.1. The van der Waals surface area contributed by atoms with Crippen molar-refractivity contribution >= 4 is 5.91 Å². The summed E-state index contributed by atoms with van der Waals surface area (Å²) in [5, 5.41) is 4.46. The van der Waals surface area contributed by atoms with Gasteiger partial charge in [-0.1, -0.05) is 57.2 Å². The average molecular weight is 357 g/mol. The van der Waals surface area contributed by atoms with E-state index in [1.165, 1.54) is 42.3 Å². The molecule has 1 heterocycles. The van der Waals surface area contributed by atoms with Crippen LogP contribution in [-0.2, 0) is 6.42 Å². The molecule has 0 bridgehead atoms. The molecule has 26 heavy (non-hydrogen) atoms. The Morgan fingerprint density at radius 3 is 2.46 bits per heavy atom. The fraction of sp³-hybridized carbons (Fsp3) is 0.545. The number of hydrogen-bond acceptors (Lipinski definition) is 3. The quantitative estimate of drug-likeness (QED) is 0.533. The molecule has 0 spiro atoms. The van der Waals surface area contributed by atoms with E-state index in [1.807, 2.05) is 45.0 Å². The highest BCUT2D eigenvalue weighted by Crippen LogP contribution is 2.19. The molecule has 4 heteroatoms. The van der Waals surface area contributed by atoms with Crippen molar-refractivity contribution in [3.05, 3.63) is 46.8 Å². The molecular formula is C22H32N2O2. The molecule has 0 saturated heterocycles. The van der Waals surface area contributed by atoms with Gasteiger partial charge in [-0.15, -0.1) is 0 Å². The van der Waals surface area contributed by atoms with Crippen molar-refractivity contribution in [2.24, 2.45) is 0 Å². The van der Waals surface area contributed by atoms with Crippen molar-refractivity contribution in [2.75, 3.05) is 6.61 Å². The number of benzene rings is 1. The third kappa shape index (κ3) is 5.45. The van der Waals surface area contributed by atoms with Crippen LogP contribution in [0.15, 0.2) is 24.3 Å². The minimum Gasteiger partial charge on any atom is -0.483 e. The van der Waals surface area contributed by atoms with Gasteiger partial charge in [-0.05, 0) is 50.8 Å². The Labute approximate surface area is 157 Å². The zero-order valence-electron chi connectivity index (χ0n) is 16.7. The number of hydrogen-bond donors (Lipinski definition) is 0. The molecule has 142 valence electrons. The van der Waals surface area contributed by atoms with Gasteiger partial charge in [-0.2, -0.15) is 5.10 Å². The first-order valence-corrected chi connectivity index (χ1v) is 9.81. The Morgan fingerprint density at radius 1 is 1.04 bits per heavy atom. The van der Waals surface area contributed by atoms with Gasteiger partial charge >= 0.3 is 0 Å². The summed E-state index contributed by atoms with van der Waals surface area (Å²) in [7, 11) is 0. The molecule has 0 radical (unpaired) electrons. The molecule has 0 saturated carbocycles. The van der Waals surface area contributed by atoms with Crippen LogP contribution < -0.4 is 4.74 Å². The zero-order valence-corrected chi connectivity index (χ0v) is 16.7. The van der Waals surface area contributed by atoms with Gasteiger partial charge in [-0.25, -0.2) is 4.68 Å². The normalized spacial score (nSPS) is 10.9. The summed E-state index contributed by atoms with van der Waals surface area (Å²) in [6, 6.07) is 7.73. The maximum atomic E-state index is 12.5. The summed E-state index contributed by atoms with van der Waals surface area (Å²) >= 11 is 0. The van der Waals surface area contributed by atoms with Gasteiger partial charge in [0, 0.05) is 5.69 Å². The molecule has 1 aromatic heterocycles. The molecule has 0 N–H and O–H groups in total. The maximum absolute atomic E-state index is 12.5. The third-order valence-corrected chi connectivity index (χ3v) is 4.90. The van der Waals surface area contributed by atoms with Crippen molar-refractivity contribution < 1.29 is 9.53 Å². The fourth-order valence-electron chi connectivity index (χ4n) is 3.28. The molecule has 0 unspecified atom stereocenters. The third-order valence-electron chi connectivity index (χ3n) is 4.90. The first-order valence-electron chi connectivity index (χ1n) is 9.81. The van der Waals surface area contributed by atoms with Gasteiger partial charge in [0.15, 0.2) is 6.61 Å². The first kappa shape index (κ1) is 20.2. The first-order chi connectivity index (χ1) is 12.5. The standard InChI is InChI=1S/C22H32N2O2/c1-5-6-7-8-9-10-14-20-18(3)23-24(19(20)4)22(25)16-26-21-15-12-11-13-17(21)2/h11-13,15H,5-10,14,16H2,1-4H3. The molecular weight excluding hydrogens is 324 g/mol. The zero-order chi connectivity index (χ0) is 18.9. The summed E-state index contributed by atoms with van der Waals surface area (Å²) in [4.78, 5) is 12.5. The van der Waals surface area contributed by atoms with Crippen LogP contribution in [0.2, 0.25) is 0 Å². The highest BCUT2D eigenvalue weighted by Gasteiger charge is 2.17. The number of unbranched alkanes of at least 4 members (excludes halogenated alkanes) is 5. The lowest BCUT2D eigenvalue weighted by Gasteiger charge is -2.09. The van der Waals surface area contributed by atoms with Crippen molar-refractivity contribution in [2.45, 2.75) is 72.6 Å². The molecule has 0 atom stereocenters. The van der Waals surface area contributed by atoms with E-state index < -0.39 is 0 Å². The number of rotatable bonds is 10. The summed E-state index contributed by atoms with van der Waals surface area (Å²) < 4.78 is 7.20. The molecule has 4 nitrogen and oxygen atoms in total. The SMILES string of the molecule is CCCCCCCCc1c(C)nn(C(=O)COc2ccccc2C)c1C. The fourth-order valence-corrected chi connectivity index (χ4v) is 3.28. The second-order valence-corrected chi connectivity index (χ2v) is 7.03. The van der Waals surface area contributed by atoms with Crippen LogP contribution in [0.4, 0.5) is 0 Å².